The average molecular weight is 506 g/mol. The Morgan fingerprint density at radius 2 is 2.00 bits per heavy atom. The van der Waals surface area contributed by atoms with Crippen LogP contribution in [0.15, 0.2) is 34.8 Å². The lowest BCUT2D eigenvalue weighted by atomic mass is 10.2. The number of aliphatic imine (C=N–C) groups is 1. The quantitative estimate of drug-likeness (QED) is 0.0948. The summed E-state index contributed by atoms with van der Waals surface area (Å²) in [5, 5.41) is 3.32. The van der Waals surface area contributed by atoms with E-state index in [1.54, 1.807) is 0 Å². The van der Waals surface area contributed by atoms with Gasteiger partial charge in [-0.3, -0.25) is 9.36 Å². The molecule has 0 aromatic heterocycles. The van der Waals surface area contributed by atoms with E-state index < -0.39 is 48.5 Å². The van der Waals surface area contributed by atoms with Gasteiger partial charge in [-0.2, -0.15) is 8.62 Å². The van der Waals surface area contributed by atoms with Gasteiger partial charge in [-0.05, 0) is 16.7 Å². The molecule has 2 aliphatic heterocycles. The van der Waals surface area contributed by atoms with Crippen molar-refractivity contribution in [2.45, 2.75) is 24.9 Å². The van der Waals surface area contributed by atoms with Gasteiger partial charge in [-0.1, -0.05) is 6.58 Å². The second-order valence-electron chi connectivity index (χ2n) is 5.72. The number of nitrogens with zero attached hydrogens (tertiary/aromatic N) is 5. The predicted molar refractivity (Wildman–Crippen MR) is 98.9 cm³/mol. The lowest BCUT2D eigenvalue weighted by Crippen LogP contribution is -2.32. The van der Waals surface area contributed by atoms with Gasteiger partial charge >= 0.3 is 23.5 Å². The highest BCUT2D eigenvalue weighted by Crippen LogP contribution is 2.66. The van der Waals surface area contributed by atoms with Crippen LogP contribution in [-0.4, -0.2) is 55.4 Å². The molecular weight excluding hydrogens is 489 g/mol. The Bertz CT molecular complexity index is 959. The van der Waals surface area contributed by atoms with E-state index in [1.807, 2.05) is 0 Å². The molecule has 3 unspecified atom stereocenters. The number of hydrogen-bond donors (Lipinski definition) is 5. The first-order valence-electron chi connectivity index (χ1n) is 7.84. The van der Waals surface area contributed by atoms with E-state index >= 15 is 0 Å². The number of azide groups is 1. The van der Waals surface area contributed by atoms with Crippen molar-refractivity contribution in [1.29, 1.82) is 0 Å². The van der Waals surface area contributed by atoms with Crippen LogP contribution in [0.25, 0.3) is 10.4 Å². The smallest absolute Gasteiger partial charge is 0.349 e. The molecule has 18 nitrogen and oxygen atoms in total. The summed E-state index contributed by atoms with van der Waals surface area (Å²) in [5.74, 6) is 5.38. The van der Waals surface area contributed by atoms with Crippen LogP contribution >= 0.6 is 23.5 Å². The van der Waals surface area contributed by atoms with Crippen molar-refractivity contribution in [2.75, 3.05) is 6.61 Å². The van der Waals surface area contributed by atoms with Crippen LogP contribution in [0.3, 0.4) is 0 Å². The molecule has 0 aliphatic carbocycles. The Balaban J connectivity index is 1.99. The second-order valence-corrected chi connectivity index (χ2v) is 10.1. The molecule has 5 atom stereocenters. The molecule has 1 fully saturated rings. The molecule has 2 rings (SSSR count). The first-order valence-corrected chi connectivity index (χ1v) is 12.4. The van der Waals surface area contributed by atoms with E-state index in [0.29, 0.717) is 0 Å². The molecule has 2 aliphatic rings. The van der Waals surface area contributed by atoms with Crippen LogP contribution in [0.5, 0.6) is 0 Å². The molecule has 1 saturated heterocycles. The van der Waals surface area contributed by atoms with Crippen LogP contribution in [-0.2, 0) is 36.4 Å². The monoisotopic (exact) mass is 506 g/mol. The van der Waals surface area contributed by atoms with Gasteiger partial charge in [0.2, 0.25) is 0 Å². The molecule has 21 heteroatoms. The molecule has 6 N–H and O–H groups in total. The molecule has 0 bridgehead atoms. The fourth-order valence-electron chi connectivity index (χ4n) is 2.46. The number of phosphoric ester groups is 1. The van der Waals surface area contributed by atoms with Crippen molar-refractivity contribution in [2.24, 2.45) is 16.0 Å². The third-order valence-corrected chi connectivity index (χ3v) is 7.36. The minimum atomic E-state index is -5.65. The summed E-state index contributed by atoms with van der Waals surface area (Å²) in [6, 6.07) is 0. The van der Waals surface area contributed by atoms with Crippen LogP contribution < -0.4 is 5.90 Å². The van der Waals surface area contributed by atoms with E-state index in [9.17, 15) is 18.6 Å². The van der Waals surface area contributed by atoms with Gasteiger partial charge < -0.3 is 29.2 Å². The fourth-order valence-corrected chi connectivity index (χ4v) is 5.49. The zero-order valence-electron chi connectivity index (χ0n) is 15.2. The van der Waals surface area contributed by atoms with E-state index in [0.717, 1.165) is 0 Å². The standard InChI is InChI=1S/C10H17N6O12P3/c1-6-13-9(14-15-11)2-3-16(6)10-4-7(26-12)8(25-10)5-24-30(20,21)28-31(22,23)27-29(17,18)19/h2-3,7-8,10H,1,4-5,12H2,(H,20,21)(H,22,23)(H2,17,18,19)/t7?,8-,10-/m1/s1. The zero-order chi connectivity index (χ0) is 23.4. The minimum Gasteiger partial charge on any atom is -0.349 e. The molecule has 0 spiro atoms. The predicted octanol–water partition coefficient (Wildman–Crippen LogP) is 0.713. The van der Waals surface area contributed by atoms with Gasteiger partial charge in [0.1, 0.15) is 30.1 Å². The molecule has 31 heavy (non-hydrogen) atoms. The third kappa shape index (κ3) is 7.88. The summed E-state index contributed by atoms with van der Waals surface area (Å²) < 4.78 is 51.2. The molecular formula is C10H17N6O12P3. The van der Waals surface area contributed by atoms with Crippen molar-refractivity contribution in [3.05, 3.63) is 35.1 Å². The maximum Gasteiger partial charge on any atom is 0.490 e. The summed E-state index contributed by atoms with van der Waals surface area (Å²) in [6.07, 6.45) is 0.141. The number of hydrogen-bond acceptors (Lipinski definition) is 12. The SMILES string of the molecule is C=C1N=C(N=[N+]=[N-])C=CN1[C@H]1CC(ON)[C@@H](COP(=O)(O)OP(=O)(O)OP(=O)(O)O)O1. The Morgan fingerprint density at radius 1 is 1.32 bits per heavy atom. The second kappa shape index (κ2) is 10.0. The summed E-state index contributed by atoms with van der Waals surface area (Å²) >= 11 is 0. The van der Waals surface area contributed by atoms with Crippen molar-refractivity contribution < 1.29 is 56.0 Å². The van der Waals surface area contributed by atoms with Gasteiger partial charge in [0, 0.05) is 17.5 Å². The molecule has 174 valence electrons. The zero-order valence-corrected chi connectivity index (χ0v) is 17.9. The van der Waals surface area contributed by atoms with Gasteiger partial charge in [-0.15, -0.1) is 0 Å². The maximum atomic E-state index is 11.8. The van der Waals surface area contributed by atoms with Gasteiger partial charge in [0.05, 0.1) is 6.61 Å². The normalized spacial score (nSPS) is 27.9. The molecule has 0 aromatic carbocycles. The third-order valence-electron chi connectivity index (χ3n) is 3.56. The Morgan fingerprint density at radius 3 is 2.55 bits per heavy atom. The fraction of sp³-hybridized carbons (Fsp3) is 0.500. The first kappa shape index (κ1) is 25.8. The summed E-state index contributed by atoms with van der Waals surface area (Å²) in [5.41, 5.74) is 8.43. The van der Waals surface area contributed by atoms with Crippen molar-refractivity contribution in [3.63, 3.8) is 0 Å². The van der Waals surface area contributed by atoms with Crippen LogP contribution in [0.4, 0.5) is 0 Å². The van der Waals surface area contributed by atoms with Crippen LogP contribution in [0.1, 0.15) is 6.42 Å². The Labute approximate surface area is 173 Å². The summed E-state index contributed by atoms with van der Waals surface area (Å²) in [6.45, 7) is 2.93. The molecule has 0 aromatic rings. The summed E-state index contributed by atoms with van der Waals surface area (Å²) in [4.78, 5) is 48.4. The van der Waals surface area contributed by atoms with Crippen LogP contribution in [0.2, 0.25) is 0 Å². The van der Waals surface area contributed by atoms with Gasteiger partial charge in [0.15, 0.2) is 0 Å². The molecule has 0 saturated carbocycles. The number of amidine groups is 1. The van der Waals surface area contributed by atoms with Gasteiger partial charge in [-0.25, -0.2) is 24.6 Å². The molecule has 2 heterocycles. The maximum absolute atomic E-state index is 11.8. The number of nitrogens with two attached hydrogens (primary N) is 1. The Hall–Kier alpha value is -1.45. The number of phosphoric acid groups is 3. The highest BCUT2D eigenvalue weighted by atomic mass is 31.3. The number of ether oxygens (including phenoxy) is 1. The lowest BCUT2D eigenvalue weighted by molar-refractivity contribution is -0.0686. The molecule has 0 radical (unpaired) electrons. The molecule has 0 amide bonds. The largest absolute Gasteiger partial charge is 0.490 e. The Kier molecular flexibility index (Phi) is 8.33. The van der Waals surface area contributed by atoms with Gasteiger partial charge in [0.25, 0.3) is 0 Å². The highest BCUT2D eigenvalue weighted by molar-refractivity contribution is 7.66. The average Bonchev–Trinajstić information content (AvgIpc) is 3.00. The van der Waals surface area contributed by atoms with Crippen LogP contribution in [0, 0.1) is 0 Å². The lowest BCUT2D eigenvalue weighted by Gasteiger charge is -2.28. The number of rotatable bonds is 9. The minimum absolute atomic E-state index is 0.0533. The van der Waals surface area contributed by atoms with Crippen molar-refractivity contribution in [1.82, 2.24) is 4.90 Å². The summed E-state index contributed by atoms with van der Waals surface area (Å²) in [7, 11) is -16.5. The van der Waals surface area contributed by atoms with E-state index in [-0.39, 0.29) is 18.1 Å². The topological polar surface area (TPSA) is 269 Å². The van der Waals surface area contributed by atoms with Crippen molar-refractivity contribution in [3.8, 4) is 0 Å². The van der Waals surface area contributed by atoms with E-state index in [2.05, 4.69) is 34.7 Å². The first-order chi connectivity index (χ1) is 14.3. The van der Waals surface area contributed by atoms with E-state index in [1.165, 1.54) is 17.2 Å². The highest BCUT2D eigenvalue weighted by Gasteiger charge is 2.44. The van der Waals surface area contributed by atoms with Crippen molar-refractivity contribution >= 4 is 29.3 Å². The van der Waals surface area contributed by atoms with E-state index in [4.69, 9.17) is 35.7 Å².